The van der Waals surface area contributed by atoms with Crippen molar-refractivity contribution < 1.29 is 13.6 Å². The Balaban J connectivity index is 2.57. The molecule has 0 aliphatic carbocycles. The molecule has 6 heteroatoms. The molecule has 0 bridgehead atoms. The average molecular weight is 346 g/mol. The van der Waals surface area contributed by atoms with Gasteiger partial charge < -0.3 is 14.2 Å². The molecule has 0 aliphatic heterocycles. The summed E-state index contributed by atoms with van der Waals surface area (Å²) in [6.45, 7) is 12.7. The number of halogens is 1. The maximum atomic E-state index is 12.2. The van der Waals surface area contributed by atoms with Crippen molar-refractivity contribution in [3.63, 3.8) is 0 Å². The molecule has 126 valence electrons. The van der Waals surface area contributed by atoms with Gasteiger partial charge in [-0.25, -0.2) is 0 Å². The van der Waals surface area contributed by atoms with Crippen LogP contribution in [0.25, 0.3) is 0 Å². The van der Waals surface area contributed by atoms with Gasteiger partial charge in [0.05, 0.1) is 24.8 Å². The summed E-state index contributed by atoms with van der Waals surface area (Å²) in [5.74, 6) is 0.976. The molecule has 4 nitrogen and oxygen atoms in total. The van der Waals surface area contributed by atoms with Gasteiger partial charge >= 0.3 is 0 Å². The van der Waals surface area contributed by atoms with E-state index in [0.29, 0.717) is 5.88 Å². The second-order valence-electron chi connectivity index (χ2n) is 7.16. The first kappa shape index (κ1) is 19.3. The summed E-state index contributed by atoms with van der Waals surface area (Å²) in [7, 11) is -1.93. The van der Waals surface area contributed by atoms with Gasteiger partial charge in [-0.1, -0.05) is 20.8 Å². The zero-order valence-electron chi connectivity index (χ0n) is 14.4. The first-order valence-corrected chi connectivity index (χ1v) is 11.1. The molecule has 0 fully saturated rings. The Bertz CT molecular complexity index is 468. The topological polar surface area (TPSA) is 51.5 Å². The molecule has 0 unspecified atom stereocenters. The zero-order valence-corrected chi connectivity index (χ0v) is 16.2. The minimum absolute atomic E-state index is 0.0757. The van der Waals surface area contributed by atoms with E-state index in [1.807, 2.05) is 13.0 Å². The number of carbonyl (C=O) groups excluding carboxylic acids is 1. The number of alkyl halides is 1. The quantitative estimate of drug-likeness (QED) is 0.585. The summed E-state index contributed by atoms with van der Waals surface area (Å²) < 4.78 is 11.5. The number of rotatable bonds is 7. The van der Waals surface area contributed by atoms with Crippen LogP contribution < -0.4 is 5.32 Å². The van der Waals surface area contributed by atoms with Crippen LogP contribution in [0.1, 0.15) is 45.9 Å². The molecule has 0 aliphatic rings. The molecule has 1 aromatic rings. The summed E-state index contributed by atoms with van der Waals surface area (Å²) in [5, 5.41) is 3.01. The molecule has 22 heavy (non-hydrogen) atoms. The monoisotopic (exact) mass is 345 g/mol. The lowest BCUT2D eigenvalue weighted by atomic mass is 10.2. The smallest absolute Gasteiger partial charge is 0.223 e. The van der Waals surface area contributed by atoms with Crippen LogP contribution in [0, 0.1) is 0 Å². The van der Waals surface area contributed by atoms with Gasteiger partial charge in [-0.3, -0.25) is 4.79 Å². The molecule has 1 N–H and O–H groups in total. The van der Waals surface area contributed by atoms with Crippen LogP contribution in [-0.2, 0) is 9.22 Å². The highest BCUT2D eigenvalue weighted by molar-refractivity contribution is 6.74. The van der Waals surface area contributed by atoms with Crippen molar-refractivity contribution in [1.82, 2.24) is 5.32 Å². The third kappa shape index (κ3) is 5.45. The fourth-order valence-electron chi connectivity index (χ4n) is 1.84. The predicted octanol–water partition coefficient (Wildman–Crippen LogP) is 4.48. The van der Waals surface area contributed by atoms with Crippen LogP contribution in [0.3, 0.4) is 0 Å². The second kappa shape index (κ2) is 7.66. The normalized spacial score (nSPS) is 15.4. The van der Waals surface area contributed by atoms with Crippen molar-refractivity contribution >= 4 is 25.8 Å². The number of nitrogens with one attached hydrogen (secondary N) is 1. The van der Waals surface area contributed by atoms with Gasteiger partial charge in [-0.15, -0.1) is 11.6 Å². The molecule has 1 heterocycles. The molecule has 0 radical (unpaired) electrons. The number of amides is 1. The molecule has 2 atom stereocenters. The highest BCUT2D eigenvalue weighted by Crippen LogP contribution is 2.37. The summed E-state index contributed by atoms with van der Waals surface area (Å²) in [5.41, 5.74) is 0. The maximum absolute atomic E-state index is 12.2. The molecule has 0 saturated heterocycles. The van der Waals surface area contributed by atoms with E-state index >= 15 is 0 Å². The number of carbonyl (C=O) groups is 1. The Kier molecular flexibility index (Phi) is 6.71. The van der Waals surface area contributed by atoms with Gasteiger partial charge in [0.25, 0.3) is 0 Å². The predicted molar refractivity (Wildman–Crippen MR) is 92.7 cm³/mol. The number of furan rings is 1. The number of hydrogen-bond donors (Lipinski definition) is 1. The molecule has 1 amide bonds. The largest absolute Gasteiger partial charge is 0.467 e. The minimum Gasteiger partial charge on any atom is -0.467 e. The second-order valence-corrected chi connectivity index (χ2v) is 12.2. The Hall–Kier alpha value is -0.783. The summed E-state index contributed by atoms with van der Waals surface area (Å²) >= 11 is 6.00. The lowest BCUT2D eigenvalue weighted by Crippen LogP contribution is -2.45. The molecule has 0 aromatic carbocycles. The first-order chi connectivity index (χ1) is 10.1. The highest BCUT2D eigenvalue weighted by Gasteiger charge is 2.39. The van der Waals surface area contributed by atoms with Crippen molar-refractivity contribution in [2.75, 3.05) is 5.88 Å². The Morgan fingerprint density at radius 2 is 2.09 bits per heavy atom. The number of hydrogen-bond acceptors (Lipinski definition) is 3. The highest BCUT2D eigenvalue weighted by atomic mass is 35.5. The van der Waals surface area contributed by atoms with Crippen molar-refractivity contribution in [3.05, 3.63) is 24.2 Å². The summed E-state index contributed by atoms with van der Waals surface area (Å²) in [6.07, 6.45) is 1.60. The lowest BCUT2D eigenvalue weighted by Gasteiger charge is -2.38. The van der Waals surface area contributed by atoms with Gasteiger partial charge in [0.2, 0.25) is 5.91 Å². The molecule has 0 saturated carbocycles. The van der Waals surface area contributed by atoms with Crippen molar-refractivity contribution in [1.29, 1.82) is 0 Å². The van der Waals surface area contributed by atoms with Gasteiger partial charge in [-0.05, 0) is 37.2 Å². The van der Waals surface area contributed by atoms with Crippen LogP contribution in [0.2, 0.25) is 18.1 Å². The van der Waals surface area contributed by atoms with Crippen LogP contribution in [0.15, 0.2) is 22.8 Å². The van der Waals surface area contributed by atoms with Crippen LogP contribution in [0.4, 0.5) is 0 Å². The van der Waals surface area contributed by atoms with Crippen molar-refractivity contribution in [2.24, 2.45) is 0 Å². The molecule has 0 spiro atoms. The average Bonchev–Trinajstić information content (AvgIpc) is 2.89. The van der Waals surface area contributed by atoms with E-state index in [4.69, 9.17) is 20.4 Å². The van der Waals surface area contributed by atoms with E-state index in [1.54, 1.807) is 12.3 Å². The third-order valence-electron chi connectivity index (χ3n) is 4.20. The third-order valence-corrected chi connectivity index (χ3v) is 9.08. The van der Waals surface area contributed by atoms with Gasteiger partial charge in [0.15, 0.2) is 8.32 Å². The minimum atomic E-state index is -1.93. The van der Waals surface area contributed by atoms with Crippen LogP contribution in [-0.4, -0.2) is 26.2 Å². The Labute approximate surface area is 139 Å². The van der Waals surface area contributed by atoms with E-state index in [1.165, 1.54) is 0 Å². The molecular formula is C16H28ClNO3Si. The van der Waals surface area contributed by atoms with E-state index < -0.39 is 8.32 Å². The molecule has 1 aromatic heterocycles. The SMILES string of the molecule is C[C@H](NC(=O)C[C@@H](CCl)O[Si](C)(C)C(C)(C)C)c1ccco1. The van der Waals surface area contributed by atoms with Crippen LogP contribution in [0.5, 0.6) is 0 Å². The first-order valence-electron chi connectivity index (χ1n) is 7.63. The fourth-order valence-corrected chi connectivity index (χ4v) is 3.47. The summed E-state index contributed by atoms with van der Waals surface area (Å²) in [4.78, 5) is 12.2. The van der Waals surface area contributed by atoms with E-state index in [0.717, 1.165) is 5.76 Å². The Morgan fingerprint density at radius 3 is 2.55 bits per heavy atom. The van der Waals surface area contributed by atoms with E-state index in [-0.39, 0.29) is 29.5 Å². The molecule has 1 rings (SSSR count). The van der Waals surface area contributed by atoms with Gasteiger partial charge in [0, 0.05) is 5.88 Å². The van der Waals surface area contributed by atoms with Crippen LogP contribution >= 0.6 is 11.6 Å². The standard InChI is InChI=1S/C16H28ClNO3Si/c1-12(14-8-7-9-20-14)18-15(19)10-13(11-17)21-22(5,6)16(2,3)4/h7-9,12-13H,10-11H2,1-6H3,(H,18,19)/t12-,13-/m0/s1. The van der Waals surface area contributed by atoms with Crippen molar-refractivity contribution in [3.8, 4) is 0 Å². The zero-order chi connectivity index (χ0) is 17.0. The van der Waals surface area contributed by atoms with Gasteiger partial charge in [-0.2, -0.15) is 0 Å². The lowest BCUT2D eigenvalue weighted by molar-refractivity contribution is -0.123. The van der Waals surface area contributed by atoms with Gasteiger partial charge in [0.1, 0.15) is 5.76 Å². The Morgan fingerprint density at radius 1 is 1.45 bits per heavy atom. The molecular weight excluding hydrogens is 318 g/mol. The van der Waals surface area contributed by atoms with Crippen molar-refractivity contribution in [2.45, 2.75) is 64.4 Å². The van der Waals surface area contributed by atoms with E-state index in [9.17, 15) is 4.79 Å². The summed E-state index contributed by atoms with van der Waals surface area (Å²) in [6, 6.07) is 3.49. The van der Waals surface area contributed by atoms with E-state index in [2.05, 4.69) is 39.2 Å². The maximum Gasteiger partial charge on any atom is 0.223 e. The fraction of sp³-hybridized carbons (Fsp3) is 0.688.